The largest absolute Gasteiger partial charge is 0.493 e. The van der Waals surface area contributed by atoms with E-state index in [0.717, 1.165) is 52.9 Å². The lowest BCUT2D eigenvalue weighted by molar-refractivity contribution is -0.137. The molecule has 1 atom stereocenters. The van der Waals surface area contributed by atoms with E-state index in [4.69, 9.17) is 14.5 Å². The first-order valence-electron chi connectivity index (χ1n) is 11.6. The number of aliphatic carboxylic acids is 1. The molecule has 0 saturated carbocycles. The van der Waals surface area contributed by atoms with Crippen LogP contribution in [0, 0.1) is 0 Å². The van der Waals surface area contributed by atoms with Crippen molar-refractivity contribution in [2.75, 3.05) is 25.6 Å². The molecule has 35 heavy (non-hydrogen) atoms. The molecule has 1 aromatic carbocycles. The van der Waals surface area contributed by atoms with Gasteiger partial charge in [-0.15, -0.1) is 0 Å². The number of benzene rings is 1. The number of rotatable bonds is 9. The van der Waals surface area contributed by atoms with Gasteiger partial charge in [0.1, 0.15) is 5.75 Å². The second-order valence-electron chi connectivity index (χ2n) is 8.50. The van der Waals surface area contributed by atoms with Crippen LogP contribution in [0.5, 0.6) is 11.6 Å². The molecule has 0 unspecified atom stereocenters. The predicted molar refractivity (Wildman–Crippen MR) is 131 cm³/mol. The van der Waals surface area contributed by atoms with Crippen molar-refractivity contribution in [2.24, 2.45) is 0 Å². The molecule has 9 nitrogen and oxygen atoms in total. The molecule has 0 spiro atoms. The molecule has 0 saturated heterocycles. The fourth-order valence-electron chi connectivity index (χ4n) is 4.29. The zero-order chi connectivity index (χ0) is 24.2. The molecule has 180 valence electrons. The summed E-state index contributed by atoms with van der Waals surface area (Å²) in [4.78, 5) is 20.5. The average molecular weight is 474 g/mol. The van der Waals surface area contributed by atoms with Crippen LogP contribution in [0.1, 0.15) is 35.8 Å². The monoisotopic (exact) mass is 473 g/mol. The Morgan fingerprint density at radius 3 is 2.94 bits per heavy atom. The number of aryl methyl sites for hydroxylation is 1. The summed E-state index contributed by atoms with van der Waals surface area (Å²) in [5, 5.41) is 18.4. The topological polar surface area (TPSA) is 111 Å². The van der Waals surface area contributed by atoms with E-state index < -0.39 is 12.0 Å². The van der Waals surface area contributed by atoms with E-state index in [0.29, 0.717) is 24.7 Å². The van der Waals surface area contributed by atoms with Crippen molar-refractivity contribution >= 4 is 22.6 Å². The molecule has 1 aliphatic rings. The summed E-state index contributed by atoms with van der Waals surface area (Å²) in [7, 11) is 1.54. The highest BCUT2D eigenvalue weighted by atomic mass is 16.5. The number of anilines is 1. The lowest BCUT2D eigenvalue weighted by Gasteiger charge is -2.17. The van der Waals surface area contributed by atoms with Gasteiger partial charge in [-0.1, -0.05) is 0 Å². The van der Waals surface area contributed by atoms with Gasteiger partial charge in [-0.2, -0.15) is 5.10 Å². The number of hydrogen-bond acceptors (Lipinski definition) is 7. The number of fused-ring (bicyclic) bond motifs is 2. The van der Waals surface area contributed by atoms with Crippen LogP contribution in [0.25, 0.3) is 10.9 Å². The highest BCUT2D eigenvalue weighted by Crippen LogP contribution is 2.27. The van der Waals surface area contributed by atoms with Gasteiger partial charge in [-0.3, -0.25) is 14.5 Å². The molecule has 1 aliphatic heterocycles. The van der Waals surface area contributed by atoms with Gasteiger partial charge in [0.2, 0.25) is 5.88 Å². The van der Waals surface area contributed by atoms with E-state index in [9.17, 15) is 9.90 Å². The van der Waals surface area contributed by atoms with Crippen LogP contribution in [-0.2, 0) is 17.6 Å². The highest BCUT2D eigenvalue weighted by Gasteiger charge is 2.20. The second kappa shape index (κ2) is 10.0. The molecule has 5 rings (SSSR count). The highest BCUT2D eigenvalue weighted by molar-refractivity contribution is 5.79. The first-order chi connectivity index (χ1) is 17.1. The molecule has 0 aliphatic carbocycles. The van der Waals surface area contributed by atoms with Gasteiger partial charge >= 0.3 is 5.97 Å². The molecule has 0 amide bonds. The van der Waals surface area contributed by atoms with E-state index in [1.807, 2.05) is 36.5 Å². The van der Waals surface area contributed by atoms with Crippen LogP contribution in [0.4, 0.5) is 5.69 Å². The summed E-state index contributed by atoms with van der Waals surface area (Å²) in [6, 6.07) is 12.9. The Morgan fingerprint density at radius 2 is 2.14 bits per heavy atom. The minimum absolute atomic E-state index is 0.116. The van der Waals surface area contributed by atoms with Crippen molar-refractivity contribution in [2.45, 2.75) is 31.7 Å². The maximum Gasteiger partial charge on any atom is 0.305 e. The summed E-state index contributed by atoms with van der Waals surface area (Å²) >= 11 is 0. The quantitative estimate of drug-likeness (QED) is 0.377. The number of carboxylic acid groups (broad SMARTS) is 1. The third kappa shape index (κ3) is 5.18. The average Bonchev–Trinajstić information content (AvgIpc) is 3.30. The van der Waals surface area contributed by atoms with Gasteiger partial charge in [-0.05, 0) is 48.7 Å². The van der Waals surface area contributed by atoms with Crippen molar-refractivity contribution in [3.63, 3.8) is 0 Å². The maximum absolute atomic E-state index is 11.5. The molecular formula is C26H27N5O4. The molecule has 0 bridgehead atoms. The van der Waals surface area contributed by atoms with E-state index in [-0.39, 0.29) is 6.42 Å². The number of methoxy groups -OCH3 is 1. The SMILES string of the molecule is COc1ccc([C@H](CC(=O)O)n2cc3ccc(OCCc4ccc5c(n4)CCCN5)cc3n2)cn1. The van der Waals surface area contributed by atoms with Crippen LogP contribution in [0.15, 0.2) is 54.9 Å². The van der Waals surface area contributed by atoms with E-state index in [1.54, 1.807) is 16.9 Å². The van der Waals surface area contributed by atoms with Crippen molar-refractivity contribution < 1.29 is 19.4 Å². The van der Waals surface area contributed by atoms with E-state index in [2.05, 4.69) is 21.5 Å². The van der Waals surface area contributed by atoms with E-state index >= 15 is 0 Å². The number of nitrogens with zero attached hydrogens (tertiary/aromatic N) is 4. The Morgan fingerprint density at radius 1 is 1.23 bits per heavy atom. The van der Waals surface area contributed by atoms with Crippen molar-refractivity contribution in [3.05, 3.63) is 71.8 Å². The summed E-state index contributed by atoms with van der Waals surface area (Å²) in [5.41, 5.74) is 4.75. The molecule has 4 heterocycles. The Hall–Kier alpha value is -4.14. The van der Waals surface area contributed by atoms with Crippen LogP contribution in [0.2, 0.25) is 0 Å². The molecule has 2 N–H and O–H groups in total. The summed E-state index contributed by atoms with van der Waals surface area (Å²) in [5.74, 6) is 0.265. The Balaban J connectivity index is 1.29. The molecule has 3 aromatic heterocycles. The van der Waals surface area contributed by atoms with Gasteiger partial charge in [0.05, 0.1) is 43.1 Å². The Kier molecular flexibility index (Phi) is 6.47. The first kappa shape index (κ1) is 22.6. The number of hydrogen-bond donors (Lipinski definition) is 2. The van der Waals surface area contributed by atoms with Crippen LogP contribution in [0.3, 0.4) is 0 Å². The van der Waals surface area contributed by atoms with Crippen molar-refractivity contribution in [3.8, 4) is 11.6 Å². The Labute approximate surface area is 202 Å². The van der Waals surface area contributed by atoms with Gasteiger partial charge in [-0.25, -0.2) is 4.98 Å². The van der Waals surface area contributed by atoms with Gasteiger partial charge < -0.3 is 19.9 Å². The van der Waals surface area contributed by atoms with Crippen molar-refractivity contribution in [1.29, 1.82) is 0 Å². The zero-order valence-corrected chi connectivity index (χ0v) is 19.5. The lowest BCUT2D eigenvalue weighted by atomic mass is 10.1. The van der Waals surface area contributed by atoms with Gasteiger partial charge in [0, 0.05) is 48.6 Å². The molecule has 0 fully saturated rings. The fraction of sp³-hybridized carbons (Fsp3) is 0.308. The standard InChI is InChI=1S/C26H27N5O4/c1-34-25-9-5-17(15-28-25)24(14-26(32)33)31-16-18-4-7-20(13-23(18)30-31)35-12-10-19-6-8-21-22(29-19)3-2-11-27-21/h4-9,13,15-16,24,27H,2-3,10-12,14H2,1H3,(H,32,33)/t24-/m0/s1. The number of nitrogens with one attached hydrogen (secondary N) is 1. The molecule has 4 aromatic rings. The minimum atomic E-state index is -0.916. The van der Waals surface area contributed by atoms with Crippen LogP contribution >= 0.6 is 0 Å². The second-order valence-corrected chi connectivity index (χ2v) is 8.50. The van der Waals surface area contributed by atoms with Crippen LogP contribution < -0.4 is 14.8 Å². The Bertz CT molecular complexity index is 1340. The third-order valence-electron chi connectivity index (χ3n) is 6.10. The summed E-state index contributed by atoms with van der Waals surface area (Å²) < 4.78 is 12.8. The summed E-state index contributed by atoms with van der Waals surface area (Å²) in [6.45, 7) is 1.51. The predicted octanol–water partition coefficient (Wildman–Crippen LogP) is 3.88. The number of ether oxygens (including phenoxy) is 2. The van der Waals surface area contributed by atoms with Crippen LogP contribution in [-0.4, -0.2) is 51.1 Å². The normalized spacial score (nSPS) is 13.6. The number of carbonyl (C=O) groups is 1. The number of pyridine rings is 2. The smallest absolute Gasteiger partial charge is 0.305 e. The van der Waals surface area contributed by atoms with Crippen molar-refractivity contribution in [1.82, 2.24) is 19.7 Å². The molecule has 0 radical (unpaired) electrons. The lowest BCUT2D eigenvalue weighted by Crippen LogP contribution is -2.16. The molecular weight excluding hydrogens is 446 g/mol. The first-order valence-corrected chi connectivity index (χ1v) is 11.6. The minimum Gasteiger partial charge on any atom is -0.493 e. The number of carboxylic acids is 1. The fourth-order valence-corrected chi connectivity index (χ4v) is 4.29. The van der Waals surface area contributed by atoms with Gasteiger partial charge in [0.25, 0.3) is 0 Å². The zero-order valence-electron chi connectivity index (χ0n) is 19.5. The summed E-state index contributed by atoms with van der Waals surface area (Å²) in [6.07, 6.45) is 6.18. The third-order valence-corrected chi connectivity index (χ3v) is 6.10. The number of aromatic nitrogens is 4. The maximum atomic E-state index is 11.5. The van der Waals surface area contributed by atoms with E-state index in [1.165, 1.54) is 7.11 Å². The molecule has 9 heteroatoms. The van der Waals surface area contributed by atoms with Gasteiger partial charge in [0.15, 0.2) is 0 Å².